The maximum atomic E-state index is 12.0. The molecule has 17 heavy (non-hydrogen) atoms. The van der Waals surface area contributed by atoms with Crippen molar-refractivity contribution in [1.82, 2.24) is 15.5 Å². The van der Waals surface area contributed by atoms with Gasteiger partial charge in [-0.15, -0.1) is 0 Å². The van der Waals surface area contributed by atoms with Crippen LogP contribution < -0.4 is 10.6 Å². The molecule has 0 rings (SSSR count). The van der Waals surface area contributed by atoms with E-state index in [4.69, 9.17) is 0 Å². The summed E-state index contributed by atoms with van der Waals surface area (Å²) in [6, 6.07) is 0. The minimum absolute atomic E-state index is 0.0275. The smallest absolute Gasteiger partial charge is 0.239 e. The third-order valence-corrected chi connectivity index (χ3v) is 2.52. The van der Waals surface area contributed by atoms with Crippen molar-refractivity contribution in [3.63, 3.8) is 0 Å². The Labute approximate surface area is 104 Å². The molecular weight excluding hydrogens is 218 g/mol. The zero-order valence-electron chi connectivity index (χ0n) is 11.4. The summed E-state index contributed by atoms with van der Waals surface area (Å²) < 4.78 is 0. The lowest BCUT2D eigenvalue weighted by Crippen LogP contribution is -2.44. The molecule has 1 atom stereocenters. The summed E-state index contributed by atoms with van der Waals surface area (Å²) in [7, 11) is 0. The molecule has 0 saturated carbocycles. The average molecular weight is 243 g/mol. The van der Waals surface area contributed by atoms with E-state index in [1.54, 1.807) is 4.90 Å². The Morgan fingerprint density at radius 1 is 1.18 bits per heavy atom. The second-order valence-electron chi connectivity index (χ2n) is 4.01. The van der Waals surface area contributed by atoms with Crippen LogP contribution in [0.15, 0.2) is 0 Å². The number of carbonyl (C=O) groups is 2. The first-order valence-electron chi connectivity index (χ1n) is 6.32. The molecule has 0 fully saturated rings. The summed E-state index contributed by atoms with van der Waals surface area (Å²) in [5.41, 5.74) is 0. The second kappa shape index (κ2) is 8.98. The van der Waals surface area contributed by atoms with E-state index in [0.29, 0.717) is 19.6 Å². The standard InChI is InChI=1S/C12H25N3O2/c1-5-13-8-10(4)12(17)15(7-3)9-11(16)14-6-2/h10,13H,5-9H2,1-4H3,(H,14,16). The van der Waals surface area contributed by atoms with E-state index in [1.807, 2.05) is 27.7 Å². The number of nitrogens with one attached hydrogen (secondary N) is 2. The van der Waals surface area contributed by atoms with E-state index in [-0.39, 0.29) is 24.3 Å². The van der Waals surface area contributed by atoms with Crippen molar-refractivity contribution in [2.24, 2.45) is 5.92 Å². The highest BCUT2D eigenvalue weighted by Gasteiger charge is 2.20. The van der Waals surface area contributed by atoms with Gasteiger partial charge >= 0.3 is 0 Å². The molecule has 1 unspecified atom stereocenters. The summed E-state index contributed by atoms with van der Waals surface area (Å²) >= 11 is 0. The van der Waals surface area contributed by atoms with Crippen molar-refractivity contribution >= 4 is 11.8 Å². The van der Waals surface area contributed by atoms with E-state index in [0.717, 1.165) is 6.54 Å². The Hall–Kier alpha value is -1.10. The summed E-state index contributed by atoms with van der Waals surface area (Å²) in [4.78, 5) is 25.0. The van der Waals surface area contributed by atoms with Gasteiger partial charge in [-0.25, -0.2) is 0 Å². The number of amides is 2. The van der Waals surface area contributed by atoms with Gasteiger partial charge in [0.05, 0.1) is 6.54 Å². The first-order chi connectivity index (χ1) is 8.06. The van der Waals surface area contributed by atoms with Crippen LogP contribution in [0.2, 0.25) is 0 Å². The molecule has 0 radical (unpaired) electrons. The Morgan fingerprint density at radius 2 is 1.82 bits per heavy atom. The van der Waals surface area contributed by atoms with Gasteiger partial charge in [0.2, 0.25) is 11.8 Å². The van der Waals surface area contributed by atoms with Crippen LogP contribution in [0, 0.1) is 5.92 Å². The van der Waals surface area contributed by atoms with Crippen molar-refractivity contribution in [1.29, 1.82) is 0 Å². The Balaban J connectivity index is 4.24. The van der Waals surface area contributed by atoms with E-state index in [2.05, 4.69) is 10.6 Å². The zero-order valence-corrected chi connectivity index (χ0v) is 11.4. The lowest BCUT2D eigenvalue weighted by Gasteiger charge is -2.24. The van der Waals surface area contributed by atoms with Gasteiger partial charge in [-0.3, -0.25) is 9.59 Å². The fraction of sp³-hybridized carbons (Fsp3) is 0.833. The van der Waals surface area contributed by atoms with Crippen molar-refractivity contribution in [2.45, 2.75) is 27.7 Å². The summed E-state index contributed by atoms with van der Waals surface area (Å²) in [6.07, 6.45) is 0. The molecule has 0 aromatic heterocycles. The van der Waals surface area contributed by atoms with Crippen molar-refractivity contribution < 1.29 is 9.59 Å². The van der Waals surface area contributed by atoms with Crippen molar-refractivity contribution in [2.75, 3.05) is 32.7 Å². The van der Waals surface area contributed by atoms with Gasteiger partial charge in [0, 0.05) is 25.6 Å². The predicted molar refractivity (Wildman–Crippen MR) is 68.6 cm³/mol. The normalized spacial score (nSPS) is 12.0. The molecule has 0 aliphatic rings. The lowest BCUT2D eigenvalue weighted by atomic mass is 10.1. The van der Waals surface area contributed by atoms with Crippen LogP contribution in [0.25, 0.3) is 0 Å². The van der Waals surface area contributed by atoms with Gasteiger partial charge in [-0.1, -0.05) is 13.8 Å². The minimum Gasteiger partial charge on any atom is -0.355 e. The van der Waals surface area contributed by atoms with Gasteiger partial charge in [0.25, 0.3) is 0 Å². The van der Waals surface area contributed by atoms with Crippen LogP contribution in [0.3, 0.4) is 0 Å². The van der Waals surface area contributed by atoms with Crippen LogP contribution in [0.4, 0.5) is 0 Å². The molecule has 0 aliphatic carbocycles. The maximum Gasteiger partial charge on any atom is 0.239 e. The molecule has 100 valence electrons. The lowest BCUT2D eigenvalue weighted by molar-refractivity contribution is -0.138. The van der Waals surface area contributed by atoms with Gasteiger partial charge in [-0.05, 0) is 20.4 Å². The van der Waals surface area contributed by atoms with Crippen LogP contribution in [0.1, 0.15) is 27.7 Å². The van der Waals surface area contributed by atoms with Gasteiger partial charge in [-0.2, -0.15) is 0 Å². The second-order valence-corrected chi connectivity index (χ2v) is 4.01. The van der Waals surface area contributed by atoms with Crippen LogP contribution in [-0.4, -0.2) is 49.4 Å². The Morgan fingerprint density at radius 3 is 2.29 bits per heavy atom. The monoisotopic (exact) mass is 243 g/mol. The van der Waals surface area contributed by atoms with Crippen LogP contribution in [0.5, 0.6) is 0 Å². The first-order valence-corrected chi connectivity index (χ1v) is 6.32. The minimum atomic E-state index is -0.0987. The third-order valence-electron chi connectivity index (χ3n) is 2.52. The van der Waals surface area contributed by atoms with Crippen LogP contribution in [-0.2, 0) is 9.59 Å². The molecule has 0 aromatic rings. The summed E-state index contributed by atoms with van der Waals surface area (Å²) in [6.45, 7) is 10.4. The molecule has 0 spiro atoms. The molecule has 0 saturated heterocycles. The third kappa shape index (κ3) is 6.26. The van der Waals surface area contributed by atoms with E-state index in [1.165, 1.54) is 0 Å². The van der Waals surface area contributed by atoms with E-state index >= 15 is 0 Å². The Bertz CT molecular complexity index is 244. The molecule has 0 heterocycles. The first kappa shape index (κ1) is 15.9. The van der Waals surface area contributed by atoms with Crippen molar-refractivity contribution in [3.05, 3.63) is 0 Å². The highest BCUT2D eigenvalue weighted by molar-refractivity contribution is 5.85. The van der Waals surface area contributed by atoms with E-state index < -0.39 is 0 Å². The summed E-state index contributed by atoms with van der Waals surface area (Å²) in [5.74, 6) is -0.164. The van der Waals surface area contributed by atoms with Crippen molar-refractivity contribution in [3.8, 4) is 0 Å². The number of nitrogens with zero attached hydrogens (tertiary/aromatic N) is 1. The van der Waals surface area contributed by atoms with Gasteiger partial charge in [0.1, 0.15) is 0 Å². The largest absolute Gasteiger partial charge is 0.355 e. The fourth-order valence-electron chi connectivity index (χ4n) is 1.53. The molecule has 0 aromatic carbocycles. The number of hydrogen-bond donors (Lipinski definition) is 2. The average Bonchev–Trinajstić information content (AvgIpc) is 2.32. The molecule has 0 aliphatic heterocycles. The molecule has 5 heteroatoms. The number of hydrogen-bond acceptors (Lipinski definition) is 3. The molecule has 2 amide bonds. The molecule has 5 nitrogen and oxygen atoms in total. The molecular formula is C12H25N3O2. The summed E-state index contributed by atoms with van der Waals surface area (Å²) in [5, 5.41) is 5.84. The molecule has 0 bridgehead atoms. The maximum absolute atomic E-state index is 12.0. The number of carbonyl (C=O) groups excluding carboxylic acids is 2. The quantitative estimate of drug-likeness (QED) is 0.641. The van der Waals surface area contributed by atoms with Gasteiger partial charge in [0.15, 0.2) is 0 Å². The number of likely N-dealkylation sites (N-methyl/N-ethyl adjacent to an activating group) is 2. The fourth-order valence-corrected chi connectivity index (χ4v) is 1.53. The number of rotatable bonds is 8. The van der Waals surface area contributed by atoms with Gasteiger partial charge < -0.3 is 15.5 Å². The highest BCUT2D eigenvalue weighted by Crippen LogP contribution is 2.01. The highest BCUT2D eigenvalue weighted by atomic mass is 16.2. The Kier molecular flexibility index (Phi) is 8.40. The molecule has 2 N–H and O–H groups in total. The van der Waals surface area contributed by atoms with Crippen LogP contribution >= 0.6 is 0 Å². The SMILES string of the molecule is CCNCC(C)C(=O)N(CC)CC(=O)NCC. The predicted octanol–water partition coefficient (Wildman–Crippen LogP) is 0.217. The van der Waals surface area contributed by atoms with E-state index in [9.17, 15) is 9.59 Å². The topological polar surface area (TPSA) is 61.4 Å². The zero-order chi connectivity index (χ0) is 13.3.